The summed E-state index contributed by atoms with van der Waals surface area (Å²) in [5, 5.41) is 16.7. The summed E-state index contributed by atoms with van der Waals surface area (Å²) in [6, 6.07) is 13.7. The van der Waals surface area contributed by atoms with Crippen LogP contribution in [-0.2, 0) is 0 Å². The third-order valence-electron chi connectivity index (χ3n) is 6.37. The number of aryl methyl sites for hydroxylation is 1. The maximum atomic E-state index is 13.7. The Morgan fingerprint density at radius 2 is 1.93 bits per heavy atom. The zero-order valence-corrected chi connectivity index (χ0v) is 23.5. The normalized spacial score (nSPS) is 11.1. The van der Waals surface area contributed by atoms with E-state index in [1.807, 2.05) is 25.1 Å². The highest BCUT2D eigenvalue weighted by Gasteiger charge is 2.23. The Labute approximate surface area is 237 Å². The quantitative estimate of drug-likeness (QED) is 0.107. The standard InChI is InChI=1S/C31H30N4O6/c1-7-13-41-29-26(35(37)38)15-21(16-28(29)40-8-2)18-32-34-30(33-25-12-10-9-11-22(25)31(34)36)24-17-23(19(3)4)27(39-6)14-20(24)5/h1,9-12,14-19H,8,13H2,2-6H3. The number of ether oxygens (including phenoxy) is 3. The van der Waals surface area contributed by atoms with Gasteiger partial charge in [0, 0.05) is 17.2 Å². The van der Waals surface area contributed by atoms with Crippen LogP contribution in [0.3, 0.4) is 0 Å². The van der Waals surface area contributed by atoms with Crippen molar-refractivity contribution in [3.63, 3.8) is 0 Å². The van der Waals surface area contributed by atoms with Crippen LogP contribution in [0, 0.1) is 29.4 Å². The molecule has 0 radical (unpaired) electrons. The second kappa shape index (κ2) is 12.3. The van der Waals surface area contributed by atoms with E-state index in [2.05, 4.69) is 24.9 Å². The highest BCUT2D eigenvalue weighted by molar-refractivity contribution is 5.84. The number of hydrogen-bond donors (Lipinski definition) is 0. The van der Waals surface area contributed by atoms with Gasteiger partial charge >= 0.3 is 5.69 Å². The summed E-state index contributed by atoms with van der Waals surface area (Å²) < 4.78 is 17.8. The van der Waals surface area contributed by atoms with Gasteiger partial charge in [0.05, 0.1) is 35.8 Å². The molecule has 0 atom stereocenters. The van der Waals surface area contributed by atoms with Crippen molar-refractivity contribution in [3.05, 3.63) is 85.7 Å². The minimum Gasteiger partial charge on any atom is -0.496 e. The Morgan fingerprint density at radius 3 is 2.59 bits per heavy atom. The number of nitro groups is 1. The van der Waals surface area contributed by atoms with Crippen LogP contribution in [-0.4, -0.2) is 41.1 Å². The minimum atomic E-state index is -0.588. The van der Waals surface area contributed by atoms with Crippen molar-refractivity contribution in [1.29, 1.82) is 0 Å². The highest BCUT2D eigenvalue weighted by atomic mass is 16.6. The van der Waals surface area contributed by atoms with Gasteiger partial charge in [0.15, 0.2) is 11.6 Å². The van der Waals surface area contributed by atoms with Crippen LogP contribution < -0.4 is 19.8 Å². The molecule has 4 rings (SSSR count). The number of nitrogens with zero attached hydrogens (tertiary/aromatic N) is 4. The molecule has 41 heavy (non-hydrogen) atoms. The van der Waals surface area contributed by atoms with Gasteiger partial charge < -0.3 is 14.2 Å². The monoisotopic (exact) mass is 554 g/mol. The average molecular weight is 555 g/mol. The minimum absolute atomic E-state index is 0.0766. The summed E-state index contributed by atoms with van der Waals surface area (Å²) in [4.78, 5) is 29.8. The fraction of sp³-hybridized carbons (Fsp3) is 0.258. The second-order valence-electron chi connectivity index (χ2n) is 9.43. The van der Waals surface area contributed by atoms with Crippen molar-refractivity contribution < 1.29 is 19.1 Å². The fourth-order valence-corrected chi connectivity index (χ4v) is 4.44. The van der Waals surface area contributed by atoms with Crippen molar-refractivity contribution in [1.82, 2.24) is 9.66 Å². The van der Waals surface area contributed by atoms with Crippen molar-refractivity contribution >= 4 is 22.8 Å². The number of nitro benzene ring substituents is 1. The SMILES string of the molecule is C#CCOc1c(OCC)cc(C=Nn2c(-c3cc(C(C)C)c(OC)cc3C)nc3ccccc3c2=O)cc1[N+](=O)[O-]. The summed E-state index contributed by atoms with van der Waals surface area (Å²) in [7, 11) is 1.62. The number of para-hydroxylation sites is 1. The smallest absolute Gasteiger partial charge is 0.315 e. The van der Waals surface area contributed by atoms with Crippen LogP contribution in [0.2, 0.25) is 0 Å². The van der Waals surface area contributed by atoms with Crippen molar-refractivity contribution in [2.24, 2.45) is 5.10 Å². The Balaban J connectivity index is 1.96. The molecule has 0 aliphatic rings. The molecule has 0 bridgehead atoms. The zero-order chi connectivity index (χ0) is 29.7. The number of terminal acetylenes is 1. The molecule has 0 saturated carbocycles. The molecule has 0 N–H and O–H groups in total. The first-order valence-electron chi connectivity index (χ1n) is 13.0. The molecule has 10 nitrogen and oxygen atoms in total. The average Bonchev–Trinajstić information content (AvgIpc) is 2.95. The van der Waals surface area contributed by atoms with E-state index in [9.17, 15) is 14.9 Å². The van der Waals surface area contributed by atoms with E-state index in [-0.39, 0.29) is 36.3 Å². The van der Waals surface area contributed by atoms with Crippen LogP contribution in [0.25, 0.3) is 22.3 Å². The van der Waals surface area contributed by atoms with Crippen LogP contribution in [0.4, 0.5) is 5.69 Å². The molecule has 1 aromatic heterocycles. The molecule has 0 unspecified atom stereocenters. The summed E-state index contributed by atoms with van der Waals surface area (Å²) in [6.45, 7) is 7.81. The summed E-state index contributed by atoms with van der Waals surface area (Å²) in [6.07, 6.45) is 6.64. The van der Waals surface area contributed by atoms with Gasteiger partial charge in [0.2, 0.25) is 5.75 Å². The van der Waals surface area contributed by atoms with E-state index in [0.717, 1.165) is 16.9 Å². The molecule has 3 aromatic carbocycles. The molecule has 1 heterocycles. The number of fused-ring (bicyclic) bond motifs is 1. The van der Waals surface area contributed by atoms with E-state index in [0.29, 0.717) is 27.9 Å². The van der Waals surface area contributed by atoms with Gasteiger partial charge in [-0.25, -0.2) is 4.98 Å². The van der Waals surface area contributed by atoms with E-state index >= 15 is 0 Å². The lowest BCUT2D eigenvalue weighted by Gasteiger charge is -2.17. The largest absolute Gasteiger partial charge is 0.496 e. The van der Waals surface area contributed by atoms with Gasteiger partial charge in [0.1, 0.15) is 12.4 Å². The van der Waals surface area contributed by atoms with Gasteiger partial charge in [-0.05, 0) is 61.2 Å². The lowest BCUT2D eigenvalue weighted by Crippen LogP contribution is -2.21. The molecule has 210 valence electrons. The lowest BCUT2D eigenvalue weighted by molar-refractivity contribution is -0.385. The van der Waals surface area contributed by atoms with E-state index in [4.69, 9.17) is 25.6 Å². The van der Waals surface area contributed by atoms with Crippen molar-refractivity contribution in [2.75, 3.05) is 20.3 Å². The third-order valence-corrected chi connectivity index (χ3v) is 6.37. The molecule has 0 aliphatic carbocycles. The molecule has 10 heteroatoms. The molecule has 4 aromatic rings. The van der Waals surface area contributed by atoms with Crippen LogP contribution in [0.1, 0.15) is 43.4 Å². The van der Waals surface area contributed by atoms with Crippen molar-refractivity contribution in [2.45, 2.75) is 33.6 Å². The van der Waals surface area contributed by atoms with Gasteiger partial charge in [-0.1, -0.05) is 31.9 Å². The van der Waals surface area contributed by atoms with Gasteiger partial charge in [0.25, 0.3) is 5.56 Å². The number of benzene rings is 3. The van der Waals surface area contributed by atoms with Gasteiger partial charge in [-0.2, -0.15) is 9.78 Å². The molecule has 0 saturated heterocycles. The summed E-state index contributed by atoms with van der Waals surface area (Å²) >= 11 is 0. The first-order chi connectivity index (χ1) is 19.7. The topological polar surface area (TPSA) is 118 Å². The molecule has 0 fully saturated rings. The van der Waals surface area contributed by atoms with Crippen LogP contribution in [0.5, 0.6) is 17.2 Å². The first-order valence-corrected chi connectivity index (χ1v) is 13.0. The van der Waals surface area contributed by atoms with E-state index in [1.54, 1.807) is 38.3 Å². The van der Waals surface area contributed by atoms with Gasteiger partial charge in [-0.3, -0.25) is 14.9 Å². The molecule has 0 aliphatic heterocycles. The fourth-order valence-electron chi connectivity index (χ4n) is 4.44. The zero-order valence-electron chi connectivity index (χ0n) is 23.5. The van der Waals surface area contributed by atoms with Gasteiger partial charge in [-0.15, -0.1) is 6.42 Å². The van der Waals surface area contributed by atoms with Crippen LogP contribution in [0.15, 0.2) is 58.4 Å². The maximum Gasteiger partial charge on any atom is 0.315 e. The number of aromatic nitrogens is 2. The predicted octanol–water partition coefficient (Wildman–Crippen LogP) is 5.71. The number of rotatable bonds is 10. The third kappa shape index (κ3) is 5.89. The number of hydrogen-bond acceptors (Lipinski definition) is 8. The summed E-state index contributed by atoms with van der Waals surface area (Å²) in [5.41, 5.74) is 2.58. The Bertz CT molecular complexity index is 1750. The Morgan fingerprint density at radius 1 is 1.17 bits per heavy atom. The lowest BCUT2D eigenvalue weighted by atomic mass is 9.96. The molecular weight excluding hydrogens is 524 g/mol. The maximum absolute atomic E-state index is 13.7. The van der Waals surface area contributed by atoms with E-state index in [1.165, 1.54) is 17.0 Å². The van der Waals surface area contributed by atoms with Crippen molar-refractivity contribution in [3.8, 4) is 41.0 Å². The first kappa shape index (κ1) is 28.8. The second-order valence-corrected chi connectivity index (χ2v) is 9.43. The van der Waals surface area contributed by atoms with E-state index < -0.39 is 10.5 Å². The highest BCUT2D eigenvalue weighted by Crippen LogP contribution is 2.38. The Hall–Kier alpha value is -5.17. The molecular formula is C31H30N4O6. The van der Waals surface area contributed by atoms with Crippen LogP contribution >= 0.6 is 0 Å². The molecule has 0 spiro atoms. The Kier molecular flexibility index (Phi) is 8.68. The summed E-state index contributed by atoms with van der Waals surface area (Å²) in [5.74, 6) is 3.55. The predicted molar refractivity (Wildman–Crippen MR) is 158 cm³/mol. The molecule has 0 amide bonds. The number of methoxy groups -OCH3 is 1.